The van der Waals surface area contributed by atoms with Crippen LogP contribution in [0.5, 0.6) is 0 Å². The lowest BCUT2D eigenvalue weighted by Gasteiger charge is -2.43. The van der Waals surface area contributed by atoms with Gasteiger partial charge in [0.05, 0.1) is 12.0 Å². The Bertz CT molecular complexity index is 1290. The minimum Gasteiger partial charge on any atom is -0.453 e. The molecule has 9 nitrogen and oxygen atoms in total. The van der Waals surface area contributed by atoms with Crippen molar-refractivity contribution in [2.45, 2.75) is 18.3 Å². The number of hydrogen-bond donors (Lipinski definition) is 0. The molecule has 0 aliphatic carbocycles. The van der Waals surface area contributed by atoms with Crippen LogP contribution in [0.3, 0.4) is 0 Å². The van der Waals surface area contributed by atoms with Crippen molar-refractivity contribution in [3.05, 3.63) is 106 Å². The number of piperidine rings is 1. The van der Waals surface area contributed by atoms with Gasteiger partial charge in [-0.2, -0.15) is 0 Å². The van der Waals surface area contributed by atoms with Crippen LogP contribution in [-0.2, 0) is 10.2 Å². The number of carbonyl (C=O) groups is 2. The van der Waals surface area contributed by atoms with E-state index in [4.69, 9.17) is 4.74 Å². The zero-order valence-corrected chi connectivity index (χ0v) is 22.0. The first kappa shape index (κ1) is 26.2. The van der Waals surface area contributed by atoms with Crippen molar-refractivity contribution in [2.75, 3.05) is 51.3 Å². The van der Waals surface area contributed by atoms with Gasteiger partial charge in [0.25, 0.3) is 11.6 Å². The van der Waals surface area contributed by atoms with Crippen LogP contribution >= 0.6 is 0 Å². The van der Waals surface area contributed by atoms with Crippen LogP contribution in [0.4, 0.5) is 16.2 Å². The van der Waals surface area contributed by atoms with Gasteiger partial charge in [-0.25, -0.2) is 4.79 Å². The number of nitrogens with zero attached hydrogens (tertiary/aromatic N) is 4. The van der Waals surface area contributed by atoms with Gasteiger partial charge >= 0.3 is 6.09 Å². The minimum absolute atomic E-state index is 0.0685. The van der Waals surface area contributed by atoms with Crippen molar-refractivity contribution in [1.29, 1.82) is 0 Å². The summed E-state index contributed by atoms with van der Waals surface area (Å²) in [7, 11) is 1.33. The molecule has 5 rings (SSSR count). The summed E-state index contributed by atoms with van der Waals surface area (Å²) >= 11 is 0. The lowest BCUT2D eigenvalue weighted by molar-refractivity contribution is -0.384. The fourth-order valence-electron chi connectivity index (χ4n) is 5.86. The predicted octanol–water partition coefficient (Wildman–Crippen LogP) is 4.71. The average molecular weight is 529 g/mol. The highest BCUT2D eigenvalue weighted by Crippen LogP contribution is 2.43. The third kappa shape index (κ3) is 5.16. The van der Waals surface area contributed by atoms with E-state index in [1.54, 1.807) is 17.0 Å². The number of methoxy groups -OCH3 is 1. The Labute approximate surface area is 227 Å². The summed E-state index contributed by atoms with van der Waals surface area (Å²) in [5.41, 5.74) is 3.06. The van der Waals surface area contributed by atoms with Gasteiger partial charge in [-0.3, -0.25) is 14.9 Å². The number of hydrogen-bond acceptors (Lipinski definition) is 6. The predicted molar refractivity (Wildman–Crippen MR) is 148 cm³/mol. The molecule has 2 heterocycles. The second-order valence-corrected chi connectivity index (χ2v) is 10.0. The smallest absolute Gasteiger partial charge is 0.409 e. The molecule has 0 N–H and O–H groups in total. The van der Waals surface area contributed by atoms with Crippen LogP contribution in [0, 0.1) is 10.1 Å². The summed E-state index contributed by atoms with van der Waals surface area (Å²) in [5.74, 6) is -0.278. The minimum atomic E-state index is -0.424. The monoisotopic (exact) mass is 528 g/mol. The second kappa shape index (κ2) is 11.1. The Balaban J connectivity index is 1.35. The second-order valence-electron chi connectivity index (χ2n) is 10.0. The molecule has 0 unspecified atom stereocenters. The Kier molecular flexibility index (Phi) is 7.49. The first-order chi connectivity index (χ1) is 18.9. The number of anilines is 1. The highest BCUT2D eigenvalue weighted by atomic mass is 16.6. The highest BCUT2D eigenvalue weighted by Gasteiger charge is 2.39. The SMILES string of the molecule is COC(=O)N1CCN(C(=O)c2ccc(N3CCC(c4ccccc4)(c4ccccc4)CC3)c([N+](=O)[O-])c2)CC1. The molecule has 2 aliphatic heterocycles. The summed E-state index contributed by atoms with van der Waals surface area (Å²) in [6.45, 7) is 2.70. The number of rotatable bonds is 5. The van der Waals surface area contributed by atoms with Crippen molar-refractivity contribution >= 4 is 23.4 Å². The summed E-state index contributed by atoms with van der Waals surface area (Å²) in [6.07, 6.45) is 1.19. The Hall–Kier alpha value is -4.40. The molecule has 0 aromatic heterocycles. The van der Waals surface area contributed by atoms with Crippen LogP contribution in [0.25, 0.3) is 0 Å². The van der Waals surface area contributed by atoms with Gasteiger partial charge in [-0.05, 0) is 36.1 Å². The number of nitro benzene ring substituents is 1. The summed E-state index contributed by atoms with van der Waals surface area (Å²) in [6, 6.07) is 25.7. The molecule has 3 aromatic rings. The van der Waals surface area contributed by atoms with Gasteiger partial charge in [-0.15, -0.1) is 0 Å². The quantitative estimate of drug-likeness (QED) is 0.352. The van der Waals surface area contributed by atoms with Crippen LogP contribution in [0.1, 0.15) is 34.3 Å². The molecule has 0 atom stereocenters. The normalized spacial score (nSPS) is 17.0. The number of ether oxygens (including phenoxy) is 1. The van der Waals surface area contributed by atoms with E-state index in [9.17, 15) is 19.7 Å². The van der Waals surface area contributed by atoms with E-state index in [0.29, 0.717) is 45.0 Å². The molecule has 0 bridgehead atoms. The maximum absolute atomic E-state index is 13.2. The van der Waals surface area contributed by atoms with Gasteiger partial charge < -0.3 is 19.4 Å². The maximum Gasteiger partial charge on any atom is 0.409 e. The summed E-state index contributed by atoms with van der Waals surface area (Å²) in [5, 5.41) is 12.1. The molecule has 9 heteroatoms. The molecular formula is C30H32N4O5. The number of benzene rings is 3. The molecule has 0 radical (unpaired) electrons. The van der Waals surface area contributed by atoms with Crippen LogP contribution in [0.2, 0.25) is 0 Å². The summed E-state index contributed by atoms with van der Waals surface area (Å²) < 4.78 is 4.75. The third-order valence-electron chi connectivity index (χ3n) is 8.03. The zero-order chi connectivity index (χ0) is 27.4. The largest absolute Gasteiger partial charge is 0.453 e. The van der Waals surface area contributed by atoms with E-state index < -0.39 is 11.0 Å². The molecule has 202 valence electrons. The highest BCUT2D eigenvalue weighted by molar-refractivity contribution is 5.96. The standard InChI is InChI=1S/C30H32N4O5/c1-39-29(36)33-20-18-32(19-21-33)28(35)23-12-13-26(27(22-23)34(37)38)31-16-14-30(15-17-31,24-8-4-2-5-9-24)25-10-6-3-7-11-25/h2-13,22H,14-21H2,1H3. The Morgan fingerprint density at radius 3 is 1.85 bits per heavy atom. The average Bonchev–Trinajstić information content (AvgIpc) is 3.01. The number of carbonyl (C=O) groups excluding carboxylic acids is 2. The lowest BCUT2D eigenvalue weighted by atomic mass is 9.68. The lowest BCUT2D eigenvalue weighted by Crippen LogP contribution is -2.50. The topological polar surface area (TPSA) is 96.2 Å². The van der Waals surface area contributed by atoms with E-state index in [1.807, 2.05) is 12.1 Å². The maximum atomic E-state index is 13.2. The molecule has 2 aliphatic rings. The van der Waals surface area contributed by atoms with Crippen molar-refractivity contribution < 1.29 is 19.2 Å². The van der Waals surface area contributed by atoms with E-state index in [1.165, 1.54) is 29.2 Å². The molecule has 3 aromatic carbocycles. The van der Waals surface area contributed by atoms with Crippen molar-refractivity contribution in [3.63, 3.8) is 0 Å². The van der Waals surface area contributed by atoms with Gasteiger partial charge in [0.2, 0.25) is 0 Å². The molecule has 2 amide bonds. The van der Waals surface area contributed by atoms with Gasteiger partial charge in [0.15, 0.2) is 0 Å². The van der Waals surface area contributed by atoms with E-state index in [0.717, 1.165) is 12.8 Å². The fraction of sp³-hybridized carbons (Fsp3) is 0.333. The molecule has 39 heavy (non-hydrogen) atoms. The third-order valence-corrected chi connectivity index (χ3v) is 8.03. The fourth-order valence-corrected chi connectivity index (χ4v) is 5.86. The van der Waals surface area contributed by atoms with E-state index >= 15 is 0 Å². The first-order valence-electron chi connectivity index (χ1n) is 13.2. The van der Waals surface area contributed by atoms with E-state index in [-0.39, 0.29) is 22.6 Å². The first-order valence-corrected chi connectivity index (χ1v) is 13.2. The number of amides is 2. The number of piperazine rings is 1. The van der Waals surface area contributed by atoms with Crippen molar-refractivity contribution in [3.8, 4) is 0 Å². The molecule has 0 spiro atoms. The van der Waals surface area contributed by atoms with Gasteiger partial charge in [0, 0.05) is 56.3 Å². The zero-order valence-electron chi connectivity index (χ0n) is 22.0. The van der Waals surface area contributed by atoms with Crippen LogP contribution in [0.15, 0.2) is 78.9 Å². The Morgan fingerprint density at radius 1 is 0.795 bits per heavy atom. The van der Waals surface area contributed by atoms with Crippen molar-refractivity contribution in [2.24, 2.45) is 0 Å². The van der Waals surface area contributed by atoms with Crippen LogP contribution in [-0.4, -0.2) is 73.1 Å². The van der Waals surface area contributed by atoms with Gasteiger partial charge in [-0.1, -0.05) is 60.7 Å². The molecule has 2 saturated heterocycles. The summed E-state index contributed by atoms with van der Waals surface area (Å²) in [4.78, 5) is 41.9. The van der Waals surface area contributed by atoms with Crippen LogP contribution < -0.4 is 4.90 Å². The number of nitro groups is 1. The van der Waals surface area contributed by atoms with Crippen molar-refractivity contribution in [1.82, 2.24) is 9.80 Å². The molecule has 2 fully saturated rings. The molecular weight excluding hydrogens is 496 g/mol. The molecule has 0 saturated carbocycles. The van der Waals surface area contributed by atoms with E-state index in [2.05, 4.69) is 53.4 Å². The Morgan fingerprint density at radius 2 is 1.33 bits per heavy atom. The van der Waals surface area contributed by atoms with Gasteiger partial charge in [0.1, 0.15) is 5.69 Å².